The second kappa shape index (κ2) is 7.43. The van der Waals surface area contributed by atoms with Crippen LogP contribution >= 0.6 is 23.4 Å². The molecule has 1 aromatic heterocycles. The predicted molar refractivity (Wildman–Crippen MR) is 108 cm³/mol. The number of anilines is 1. The van der Waals surface area contributed by atoms with Crippen LogP contribution < -0.4 is 4.90 Å². The lowest BCUT2D eigenvalue weighted by atomic mass is 10.0. The van der Waals surface area contributed by atoms with Gasteiger partial charge in [0.1, 0.15) is 0 Å². The van der Waals surface area contributed by atoms with Crippen molar-refractivity contribution in [3.05, 3.63) is 77.1 Å². The Morgan fingerprint density at radius 3 is 2.74 bits per heavy atom. The van der Waals surface area contributed by atoms with Crippen LogP contribution in [0.2, 0.25) is 5.02 Å². The fourth-order valence-corrected chi connectivity index (χ4v) is 4.36. The average molecular weight is 392 g/mol. The van der Waals surface area contributed by atoms with Crippen molar-refractivity contribution in [1.29, 1.82) is 5.26 Å². The number of carbonyl (C=O) groups excluding carboxylic acids is 1. The van der Waals surface area contributed by atoms with Crippen LogP contribution in [0.15, 0.2) is 65.8 Å². The van der Waals surface area contributed by atoms with Crippen molar-refractivity contribution in [2.24, 2.45) is 0 Å². The van der Waals surface area contributed by atoms with E-state index < -0.39 is 0 Å². The first-order valence-corrected chi connectivity index (χ1v) is 9.72. The summed E-state index contributed by atoms with van der Waals surface area (Å²) in [4.78, 5) is 20.2. The molecule has 1 aliphatic rings. The molecular formula is C21H14ClN3OS. The number of halogens is 1. The Bertz CT molecular complexity index is 1060. The van der Waals surface area contributed by atoms with E-state index in [0.717, 1.165) is 27.5 Å². The van der Waals surface area contributed by atoms with Crippen molar-refractivity contribution in [3.63, 3.8) is 0 Å². The number of carbonyl (C=O) groups is 1. The minimum atomic E-state index is -0.0853. The molecule has 6 heteroatoms. The highest BCUT2D eigenvalue weighted by Gasteiger charge is 2.26. The topological polar surface area (TPSA) is 57.0 Å². The molecule has 0 aliphatic carbocycles. The second-order valence-electron chi connectivity index (χ2n) is 6.04. The highest BCUT2D eigenvalue weighted by atomic mass is 35.5. The third kappa shape index (κ3) is 3.42. The number of amides is 1. The SMILES string of the molecule is N#Cc1ccc(-c2cncc3c2SCCN3C(=O)c2cccc(Cl)c2)cc1. The van der Waals surface area contributed by atoms with Crippen molar-refractivity contribution in [2.75, 3.05) is 17.2 Å². The van der Waals surface area contributed by atoms with Gasteiger partial charge in [0.2, 0.25) is 0 Å². The maximum absolute atomic E-state index is 13.0. The summed E-state index contributed by atoms with van der Waals surface area (Å²) in [7, 11) is 0. The van der Waals surface area contributed by atoms with Gasteiger partial charge in [-0.25, -0.2) is 0 Å². The monoisotopic (exact) mass is 391 g/mol. The fraction of sp³-hybridized carbons (Fsp3) is 0.0952. The van der Waals surface area contributed by atoms with Crippen LogP contribution in [-0.4, -0.2) is 23.2 Å². The summed E-state index contributed by atoms with van der Waals surface area (Å²) >= 11 is 7.76. The van der Waals surface area contributed by atoms with Crippen LogP contribution in [0.5, 0.6) is 0 Å². The molecule has 3 aromatic rings. The molecule has 0 atom stereocenters. The lowest BCUT2D eigenvalue weighted by Crippen LogP contribution is -2.35. The van der Waals surface area contributed by atoms with Crippen LogP contribution in [-0.2, 0) is 0 Å². The zero-order valence-corrected chi connectivity index (χ0v) is 15.8. The molecule has 0 fully saturated rings. The average Bonchev–Trinajstić information content (AvgIpc) is 2.72. The van der Waals surface area contributed by atoms with Gasteiger partial charge in [0, 0.05) is 39.5 Å². The zero-order valence-electron chi connectivity index (χ0n) is 14.2. The molecule has 2 aromatic carbocycles. The number of benzene rings is 2. The minimum absolute atomic E-state index is 0.0853. The Hall–Kier alpha value is -2.81. The summed E-state index contributed by atoms with van der Waals surface area (Å²) in [6, 6.07) is 16.5. The van der Waals surface area contributed by atoms with E-state index in [4.69, 9.17) is 16.9 Å². The van der Waals surface area contributed by atoms with Gasteiger partial charge < -0.3 is 4.90 Å². The normalized spacial score (nSPS) is 13.0. The van der Waals surface area contributed by atoms with E-state index in [9.17, 15) is 4.79 Å². The minimum Gasteiger partial charge on any atom is -0.305 e. The highest BCUT2D eigenvalue weighted by molar-refractivity contribution is 7.99. The Labute approximate surface area is 166 Å². The van der Waals surface area contributed by atoms with Gasteiger partial charge in [0.15, 0.2) is 0 Å². The molecule has 1 amide bonds. The lowest BCUT2D eigenvalue weighted by molar-refractivity contribution is 0.0987. The van der Waals surface area contributed by atoms with Gasteiger partial charge in [-0.1, -0.05) is 29.8 Å². The molecule has 2 heterocycles. The van der Waals surface area contributed by atoms with E-state index >= 15 is 0 Å². The van der Waals surface area contributed by atoms with Gasteiger partial charge in [-0.15, -0.1) is 11.8 Å². The van der Waals surface area contributed by atoms with Crippen LogP contribution in [0.25, 0.3) is 11.1 Å². The molecule has 132 valence electrons. The standard InChI is InChI=1S/C21H14ClN3OS/c22-17-3-1-2-16(10-17)21(26)25-8-9-27-20-18(12-24-13-19(20)25)15-6-4-14(11-23)5-7-15/h1-7,10,12-13H,8-9H2. The number of aromatic nitrogens is 1. The maximum Gasteiger partial charge on any atom is 0.258 e. The predicted octanol–water partition coefficient (Wildman–Crippen LogP) is 5.03. The number of thioether (sulfide) groups is 1. The summed E-state index contributed by atoms with van der Waals surface area (Å²) in [5, 5.41) is 9.53. The first-order valence-electron chi connectivity index (χ1n) is 8.36. The van der Waals surface area contributed by atoms with Gasteiger partial charge in [-0.2, -0.15) is 5.26 Å². The first kappa shape index (κ1) is 17.6. The third-order valence-electron chi connectivity index (χ3n) is 4.37. The van der Waals surface area contributed by atoms with Crippen LogP contribution in [0.3, 0.4) is 0 Å². The number of pyridine rings is 1. The van der Waals surface area contributed by atoms with E-state index in [1.165, 1.54) is 0 Å². The quantitative estimate of drug-likeness (QED) is 0.615. The van der Waals surface area contributed by atoms with Crippen molar-refractivity contribution >= 4 is 35.0 Å². The summed E-state index contributed by atoms with van der Waals surface area (Å²) < 4.78 is 0. The van der Waals surface area contributed by atoms with Crippen molar-refractivity contribution in [1.82, 2.24) is 4.98 Å². The van der Waals surface area contributed by atoms with E-state index in [1.54, 1.807) is 65.5 Å². The summed E-state index contributed by atoms with van der Waals surface area (Å²) in [6.07, 6.45) is 3.54. The van der Waals surface area contributed by atoms with Gasteiger partial charge >= 0.3 is 0 Å². The van der Waals surface area contributed by atoms with Crippen LogP contribution in [0.4, 0.5) is 5.69 Å². The van der Waals surface area contributed by atoms with E-state index in [2.05, 4.69) is 11.1 Å². The summed E-state index contributed by atoms with van der Waals surface area (Å²) in [5.74, 6) is 0.713. The first-order chi connectivity index (χ1) is 13.2. The zero-order chi connectivity index (χ0) is 18.8. The second-order valence-corrected chi connectivity index (χ2v) is 7.58. The molecule has 0 bridgehead atoms. The van der Waals surface area contributed by atoms with E-state index in [-0.39, 0.29) is 5.91 Å². The highest BCUT2D eigenvalue weighted by Crippen LogP contribution is 2.41. The number of fused-ring (bicyclic) bond motifs is 1. The fourth-order valence-electron chi connectivity index (χ4n) is 3.06. The summed E-state index contributed by atoms with van der Waals surface area (Å²) in [5.41, 5.74) is 3.91. The molecule has 4 nitrogen and oxygen atoms in total. The van der Waals surface area contributed by atoms with Gasteiger partial charge in [0.25, 0.3) is 5.91 Å². The third-order valence-corrected chi connectivity index (χ3v) is 5.71. The Balaban J connectivity index is 1.75. The van der Waals surface area contributed by atoms with Gasteiger partial charge in [-0.05, 0) is 35.9 Å². The maximum atomic E-state index is 13.0. The molecule has 4 rings (SSSR count). The van der Waals surface area contributed by atoms with Crippen molar-refractivity contribution in [2.45, 2.75) is 4.90 Å². The van der Waals surface area contributed by atoms with Crippen LogP contribution in [0, 0.1) is 11.3 Å². The molecule has 0 unspecified atom stereocenters. The molecule has 1 aliphatic heterocycles. The van der Waals surface area contributed by atoms with Gasteiger partial charge in [-0.3, -0.25) is 9.78 Å². The number of rotatable bonds is 2. The van der Waals surface area contributed by atoms with Gasteiger partial charge in [0.05, 0.1) is 23.5 Å². The number of nitrogens with zero attached hydrogens (tertiary/aromatic N) is 3. The number of hydrogen-bond donors (Lipinski definition) is 0. The molecule has 27 heavy (non-hydrogen) atoms. The van der Waals surface area contributed by atoms with E-state index in [1.807, 2.05) is 12.1 Å². The summed E-state index contributed by atoms with van der Waals surface area (Å²) in [6.45, 7) is 0.613. The molecule has 0 N–H and O–H groups in total. The van der Waals surface area contributed by atoms with Crippen LogP contribution in [0.1, 0.15) is 15.9 Å². The Kier molecular flexibility index (Phi) is 4.85. The molecule has 0 radical (unpaired) electrons. The lowest BCUT2D eigenvalue weighted by Gasteiger charge is -2.30. The molecule has 0 saturated carbocycles. The molecular weight excluding hydrogens is 378 g/mol. The smallest absolute Gasteiger partial charge is 0.258 e. The van der Waals surface area contributed by atoms with Crippen molar-refractivity contribution < 1.29 is 4.79 Å². The van der Waals surface area contributed by atoms with E-state index in [0.29, 0.717) is 22.7 Å². The van der Waals surface area contributed by atoms with Crippen molar-refractivity contribution in [3.8, 4) is 17.2 Å². The molecule has 0 spiro atoms. The Morgan fingerprint density at radius 2 is 2.00 bits per heavy atom. The number of nitriles is 1. The Morgan fingerprint density at radius 1 is 1.19 bits per heavy atom. The number of hydrogen-bond acceptors (Lipinski definition) is 4. The molecule has 0 saturated heterocycles. The largest absolute Gasteiger partial charge is 0.305 e.